The van der Waals surface area contributed by atoms with E-state index in [0.29, 0.717) is 22.2 Å². The second-order valence-electron chi connectivity index (χ2n) is 7.80. The molecule has 3 N–H and O–H groups in total. The van der Waals surface area contributed by atoms with Gasteiger partial charge in [-0.2, -0.15) is 0 Å². The molecule has 0 radical (unpaired) electrons. The molecular formula is C21H23F2N3O4S. The maximum atomic E-state index is 13.5. The summed E-state index contributed by atoms with van der Waals surface area (Å²) in [6, 6.07) is 7.11. The van der Waals surface area contributed by atoms with Gasteiger partial charge in [0.05, 0.1) is 6.10 Å². The SMILES string of the molecule is Cn1cc(-c2cc(CNS(=O)O)ccc2OC2CCC(F)(F)CC2)c2cc[nH]c2c1=O. The number of nitrogens with one attached hydrogen (secondary N) is 2. The summed E-state index contributed by atoms with van der Waals surface area (Å²) in [7, 11) is 1.65. The van der Waals surface area contributed by atoms with E-state index in [1.54, 1.807) is 37.6 Å². The Kier molecular flexibility index (Phi) is 5.96. The molecule has 1 fully saturated rings. The van der Waals surface area contributed by atoms with E-state index >= 15 is 0 Å². The minimum atomic E-state index is -2.65. The third-order valence-corrected chi connectivity index (χ3v) is 5.98. The van der Waals surface area contributed by atoms with E-state index in [-0.39, 0.29) is 43.9 Å². The van der Waals surface area contributed by atoms with Crippen molar-refractivity contribution in [3.63, 3.8) is 0 Å². The van der Waals surface area contributed by atoms with Crippen LogP contribution in [0.3, 0.4) is 0 Å². The Balaban J connectivity index is 1.76. The number of aryl methyl sites for hydroxylation is 1. The number of aromatic amines is 1. The van der Waals surface area contributed by atoms with Crippen LogP contribution in [0.1, 0.15) is 31.2 Å². The van der Waals surface area contributed by atoms with Crippen LogP contribution in [-0.2, 0) is 24.9 Å². The van der Waals surface area contributed by atoms with Crippen LogP contribution in [0, 0.1) is 0 Å². The Labute approximate surface area is 179 Å². The van der Waals surface area contributed by atoms with Crippen LogP contribution in [-0.4, -0.2) is 30.3 Å². The van der Waals surface area contributed by atoms with Gasteiger partial charge in [-0.05, 0) is 36.6 Å². The van der Waals surface area contributed by atoms with Crippen LogP contribution < -0.4 is 15.0 Å². The van der Waals surface area contributed by atoms with Crippen molar-refractivity contribution in [3.8, 4) is 16.9 Å². The molecule has 4 rings (SSSR count). The minimum absolute atomic E-state index is 0.147. The standard InChI is InChI=1S/C21H23F2N3O4S/c1-26-12-17(15-6-9-24-19(15)20(26)27)16-10-13(11-25-31(28)29)2-3-18(16)30-14-4-7-21(22,23)8-5-14/h2-3,6,9-10,12,14,24-25H,4-5,7-8,11H2,1H3,(H,28,29). The smallest absolute Gasteiger partial charge is 0.274 e. The van der Waals surface area contributed by atoms with E-state index in [4.69, 9.17) is 9.29 Å². The lowest BCUT2D eigenvalue weighted by atomic mass is 9.94. The Morgan fingerprint density at radius 2 is 2.03 bits per heavy atom. The van der Waals surface area contributed by atoms with Gasteiger partial charge in [0.25, 0.3) is 5.56 Å². The molecule has 166 valence electrons. The molecule has 0 saturated heterocycles. The van der Waals surface area contributed by atoms with Gasteiger partial charge in [-0.3, -0.25) is 9.35 Å². The molecule has 0 aliphatic heterocycles. The second-order valence-corrected chi connectivity index (χ2v) is 8.59. The Hall–Kier alpha value is -2.56. The summed E-state index contributed by atoms with van der Waals surface area (Å²) in [5, 5.41) is 0.707. The maximum absolute atomic E-state index is 13.5. The van der Waals surface area contributed by atoms with Crippen molar-refractivity contribution in [1.29, 1.82) is 0 Å². The number of hydrogen-bond acceptors (Lipinski definition) is 3. The lowest BCUT2D eigenvalue weighted by Crippen LogP contribution is -2.30. The number of nitrogens with zero attached hydrogens (tertiary/aromatic N) is 1. The molecule has 1 aliphatic rings. The number of aromatic nitrogens is 2. The zero-order valence-corrected chi connectivity index (χ0v) is 17.7. The molecule has 31 heavy (non-hydrogen) atoms. The van der Waals surface area contributed by atoms with Gasteiger partial charge >= 0.3 is 0 Å². The van der Waals surface area contributed by atoms with Gasteiger partial charge in [0, 0.05) is 55.3 Å². The second kappa shape index (κ2) is 8.52. The van der Waals surface area contributed by atoms with E-state index in [0.717, 1.165) is 11.1 Å². The van der Waals surface area contributed by atoms with Gasteiger partial charge in [0.1, 0.15) is 11.3 Å². The molecule has 1 aliphatic carbocycles. The molecule has 1 aromatic carbocycles. The fraction of sp³-hybridized carbons (Fsp3) is 0.381. The van der Waals surface area contributed by atoms with Crippen molar-refractivity contribution < 1.29 is 22.3 Å². The molecule has 2 aromatic heterocycles. The maximum Gasteiger partial charge on any atom is 0.274 e. The number of halogens is 2. The number of fused-ring (bicyclic) bond motifs is 1. The first-order valence-electron chi connectivity index (χ1n) is 9.92. The van der Waals surface area contributed by atoms with Gasteiger partial charge < -0.3 is 14.3 Å². The average molecular weight is 451 g/mol. The molecule has 1 atom stereocenters. The molecule has 0 bridgehead atoms. The van der Waals surface area contributed by atoms with E-state index in [9.17, 15) is 17.8 Å². The Morgan fingerprint density at radius 3 is 2.74 bits per heavy atom. The molecular weight excluding hydrogens is 428 g/mol. The third-order valence-electron chi connectivity index (χ3n) is 5.59. The molecule has 2 heterocycles. The minimum Gasteiger partial charge on any atom is -0.490 e. The molecule has 0 spiro atoms. The van der Waals surface area contributed by atoms with E-state index in [2.05, 4.69) is 9.71 Å². The summed E-state index contributed by atoms with van der Waals surface area (Å²) in [5.41, 5.74) is 2.43. The molecule has 1 saturated carbocycles. The van der Waals surface area contributed by atoms with Crippen LogP contribution in [0.4, 0.5) is 8.78 Å². The summed E-state index contributed by atoms with van der Waals surface area (Å²) in [4.78, 5) is 15.4. The summed E-state index contributed by atoms with van der Waals surface area (Å²) >= 11 is -2.16. The fourth-order valence-electron chi connectivity index (χ4n) is 3.94. The highest BCUT2D eigenvalue weighted by Crippen LogP contribution is 2.39. The van der Waals surface area contributed by atoms with Gasteiger partial charge in [0.15, 0.2) is 0 Å². The highest BCUT2D eigenvalue weighted by atomic mass is 32.2. The first-order valence-corrected chi connectivity index (χ1v) is 11.0. The fourth-order valence-corrected chi connectivity index (χ4v) is 4.23. The van der Waals surface area contributed by atoms with Crippen molar-refractivity contribution in [1.82, 2.24) is 14.3 Å². The van der Waals surface area contributed by atoms with Crippen LogP contribution in [0.5, 0.6) is 5.75 Å². The van der Waals surface area contributed by atoms with Crippen molar-refractivity contribution >= 4 is 22.2 Å². The summed E-state index contributed by atoms with van der Waals surface area (Å²) in [6.07, 6.45) is 3.15. The van der Waals surface area contributed by atoms with Gasteiger partial charge in [-0.15, -0.1) is 0 Å². The molecule has 10 heteroatoms. The number of rotatable bonds is 6. The number of benzene rings is 1. The lowest BCUT2D eigenvalue weighted by molar-refractivity contribution is -0.0581. The van der Waals surface area contributed by atoms with Crippen LogP contribution in [0.25, 0.3) is 22.0 Å². The predicted molar refractivity (Wildman–Crippen MR) is 114 cm³/mol. The van der Waals surface area contributed by atoms with Crippen molar-refractivity contribution in [2.75, 3.05) is 0 Å². The summed E-state index contributed by atoms with van der Waals surface area (Å²) in [5.74, 6) is -2.13. The quantitative estimate of drug-likeness (QED) is 0.498. The summed E-state index contributed by atoms with van der Waals surface area (Å²) in [6.45, 7) is 0.147. The van der Waals surface area contributed by atoms with E-state index < -0.39 is 17.2 Å². The first-order chi connectivity index (χ1) is 14.7. The van der Waals surface area contributed by atoms with Gasteiger partial charge in [-0.1, -0.05) is 6.07 Å². The zero-order chi connectivity index (χ0) is 22.2. The molecule has 0 amide bonds. The third kappa shape index (κ3) is 4.70. The Morgan fingerprint density at radius 1 is 1.29 bits per heavy atom. The number of hydrogen-bond donors (Lipinski definition) is 3. The number of H-pyrrole nitrogens is 1. The molecule has 7 nitrogen and oxygen atoms in total. The van der Waals surface area contributed by atoms with Gasteiger partial charge in [-0.25, -0.2) is 17.7 Å². The topological polar surface area (TPSA) is 96.3 Å². The van der Waals surface area contributed by atoms with Crippen molar-refractivity contribution in [3.05, 3.63) is 52.6 Å². The number of pyridine rings is 1. The van der Waals surface area contributed by atoms with Gasteiger partial charge in [0.2, 0.25) is 17.2 Å². The average Bonchev–Trinajstić information content (AvgIpc) is 3.22. The van der Waals surface area contributed by atoms with Crippen molar-refractivity contribution in [2.45, 2.75) is 44.3 Å². The van der Waals surface area contributed by atoms with E-state index in [1.807, 2.05) is 6.07 Å². The molecule has 3 aromatic rings. The van der Waals surface area contributed by atoms with Crippen LogP contribution in [0.2, 0.25) is 0 Å². The largest absolute Gasteiger partial charge is 0.490 e. The number of ether oxygens (including phenoxy) is 1. The lowest BCUT2D eigenvalue weighted by Gasteiger charge is -2.29. The predicted octanol–water partition coefficient (Wildman–Crippen LogP) is 3.72. The van der Waals surface area contributed by atoms with Crippen LogP contribution in [0.15, 0.2) is 41.5 Å². The van der Waals surface area contributed by atoms with Crippen molar-refractivity contribution in [2.24, 2.45) is 7.05 Å². The zero-order valence-electron chi connectivity index (χ0n) is 16.9. The highest BCUT2D eigenvalue weighted by molar-refractivity contribution is 7.77. The van der Waals surface area contributed by atoms with Crippen LogP contribution >= 0.6 is 0 Å². The molecule has 1 unspecified atom stereocenters. The normalized spacial score (nSPS) is 17.7. The first kappa shape index (κ1) is 21.7. The highest BCUT2D eigenvalue weighted by Gasteiger charge is 2.36. The Bertz CT molecular complexity index is 1180. The van der Waals surface area contributed by atoms with E-state index in [1.165, 1.54) is 4.57 Å². The summed E-state index contributed by atoms with van der Waals surface area (Å²) < 4.78 is 57.2. The number of alkyl halides is 2. The monoisotopic (exact) mass is 451 g/mol.